The number of amides is 1. The zero-order valence-electron chi connectivity index (χ0n) is 13.8. The molecule has 124 valence electrons. The lowest BCUT2D eigenvalue weighted by molar-refractivity contribution is -0.120. The highest BCUT2D eigenvalue weighted by Gasteiger charge is 2.27. The fourth-order valence-electron chi connectivity index (χ4n) is 3.20. The lowest BCUT2D eigenvalue weighted by atomic mass is 9.94. The molecule has 5 heteroatoms. The second-order valence-corrected chi connectivity index (χ2v) is 6.04. The molecule has 2 aromatic carbocycles. The van der Waals surface area contributed by atoms with E-state index in [4.69, 9.17) is 0 Å². The van der Waals surface area contributed by atoms with Crippen molar-refractivity contribution in [3.8, 4) is 12.1 Å². The molecule has 1 fully saturated rings. The second kappa shape index (κ2) is 7.51. The lowest BCUT2D eigenvalue weighted by Crippen LogP contribution is -2.38. The van der Waals surface area contributed by atoms with Gasteiger partial charge < -0.3 is 10.2 Å². The highest BCUT2D eigenvalue weighted by molar-refractivity contribution is 5.92. The minimum atomic E-state index is -0.0590. The fourth-order valence-corrected chi connectivity index (χ4v) is 3.20. The van der Waals surface area contributed by atoms with Gasteiger partial charge >= 0.3 is 0 Å². The van der Waals surface area contributed by atoms with E-state index < -0.39 is 0 Å². The van der Waals surface area contributed by atoms with Crippen molar-refractivity contribution in [2.75, 3.05) is 23.3 Å². The Balaban J connectivity index is 1.68. The standard InChI is InChI=1S/C20H18N4O/c21-13-16-5-4-6-17(14-22)19(16)24-11-9-15(10-12-24)20(25)23-18-7-2-1-3-8-18/h1-8,15H,9-12H2,(H,23,25). The average molecular weight is 330 g/mol. The van der Waals surface area contributed by atoms with E-state index in [1.165, 1.54) is 0 Å². The van der Waals surface area contributed by atoms with Gasteiger partial charge in [-0.15, -0.1) is 0 Å². The van der Waals surface area contributed by atoms with Gasteiger partial charge in [0.2, 0.25) is 5.91 Å². The minimum Gasteiger partial charge on any atom is -0.369 e. The lowest BCUT2D eigenvalue weighted by Gasteiger charge is -2.34. The maximum absolute atomic E-state index is 12.4. The molecule has 2 aromatic rings. The second-order valence-electron chi connectivity index (χ2n) is 6.04. The Hall–Kier alpha value is -3.31. The molecule has 1 N–H and O–H groups in total. The number of nitrogens with zero attached hydrogens (tertiary/aromatic N) is 3. The number of piperidine rings is 1. The summed E-state index contributed by atoms with van der Waals surface area (Å²) < 4.78 is 0. The Morgan fingerprint density at radius 1 is 0.960 bits per heavy atom. The number of anilines is 2. The molecule has 5 nitrogen and oxygen atoms in total. The Kier molecular flexibility index (Phi) is 4.97. The maximum atomic E-state index is 12.4. The van der Waals surface area contributed by atoms with Crippen molar-refractivity contribution in [1.29, 1.82) is 10.5 Å². The van der Waals surface area contributed by atoms with Gasteiger partial charge in [0.15, 0.2) is 0 Å². The molecule has 0 unspecified atom stereocenters. The van der Waals surface area contributed by atoms with Gasteiger partial charge in [-0.05, 0) is 37.1 Å². The van der Waals surface area contributed by atoms with E-state index in [0.29, 0.717) is 42.7 Å². The van der Waals surface area contributed by atoms with E-state index in [9.17, 15) is 15.3 Å². The maximum Gasteiger partial charge on any atom is 0.227 e. The summed E-state index contributed by atoms with van der Waals surface area (Å²) in [6.45, 7) is 1.31. The fraction of sp³-hybridized carbons (Fsp3) is 0.250. The summed E-state index contributed by atoms with van der Waals surface area (Å²) in [5, 5.41) is 21.6. The summed E-state index contributed by atoms with van der Waals surface area (Å²) >= 11 is 0. The highest BCUT2D eigenvalue weighted by atomic mass is 16.1. The number of nitrogens with one attached hydrogen (secondary N) is 1. The third kappa shape index (κ3) is 3.62. The summed E-state index contributed by atoms with van der Waals surface area (Å²) in [5.74, 6) is -0.0313. The molecular weight excluding hydrogens is 312 g/mol. The predicted octanol–water partition coefficient (Wildman–Crippen LogP) is 3.29. The predicted molar refractivity (Wildman–Crippen MR) is 95.9 cm³/mol. The highest BCUT2D eigenvalue weighted by Crippen LogP contribution is 2.29. The van der Waals surface area contributed by atoms with Crippen molar-refractivity contribution < 1.29 is 4.79 Å². The molecule has 0 aliphatic carbocycles. The van der Waals surface area contributed by atoms with Crippen LogP contribution in [-0.4, -0.2) is 19.0 Å². The van der Waals surface area contributed by atoms with Crippen LogP contribution in [0.25, 0.3) is 0 Å². The van der Waals surface area contributed by atoms with Crippen LogP contribution in [0.4, 0.5) is 11.4 Å². The topological polar surface area (TPSA) is 79.9 Å². The van der Waals surface area contributed by atoms with E-state index >= 15 is 0 Å². The number of benzene rings is 2. The number of hydrogen-bond acceptors (Lipinski definition) is 4. The number of para-hydroxylation sites is 2. The zero-order valence-corrected chi connectivity index (χ0v) is 13.8. The Labute approximate surface area is 147 Å². The zero-order chi connectivity index (χ0) is 17.6. The van der Waals surface area contributed by atoms with E-state index in [1.54, 1.807) is 18.2 Å². The molecule has 1 amide bonds. The third-order valence-electron chi connectivity index (χ3n) is 4.50. The average Bonchev–Trinajstić information content (AvgIpc) is 2.68. The number of rotatable bonds is 3. The molecule has 0 aromatic heterocycles. The van der Waals surface area contributed by atoms with E-state index in [1.807, 2.05) is 35.2 Å². The van der Waals surface area contributed by atoms with Crippen LogP contribution in [0.3, 0.4) is 0 Å². The quantitative estimate of drug-likeness (QED) is 0.936. The van der Waals surface area contributed by atoms with Gasteiger partial charge in [-0.25, -0.2) is 0 Å². The van der Waals surface area contributed by atoms with Gasteiger partial charge in [-0.3, -0.25) is 4.79 Å². The molecule has 3 rings (SSSR count). The normalized spacial score (nSPS) is 14.4. The Morgan fingerprint density at radius 2 is 1.56 bits per heavy atom. The van der Waals surface area contributed by atoms with Crippen LogP contribution in [0.2, 0.25) is 0 Å². The van der Waals surface area contributed by atoms with Crippen molar-refractivity contribution in [2.45, 2.75) is 12.8 Å². The smallest absolute Gasteiger partial charge is 0.227 e. The molecule has 0 radical (unpaired) electrons. The summed E-state index contributed by atoms with van der Waals surface area (Å²) in [4.78, 5) is 14.5. The van der Waals surface area contributed by atoms with Gasteiger partial charge in [0.25, 0.3) is 0 Å². The van der Waals surface area contributed by atoms with Crippen molar-refractivity contribution in [1.82, 2.24) is 0 Å². The van der Waals surface area contributed by atoms with E-state index in [-0.39, 0.29) is 11.8 Å². The van der Waals surface area contributed by atoms with Crippen molar-refractivity contribution >= 4 is 17.3 Å². The van der Waals surface area contributed by atoms with Gasteiger partial charge in [-0.2, -0.15) is 10.5 Å². The summed E-state index contributed by atoms with van der Waals surface area (Å²) in [6, 6.07) is 18.9. The molecule has 1 aliphatic rings. The summed E-state index contributed by atoms with van der Waals surface area (Å²) in [7, 11) is 0. The van der Waals surface area contributed by atoms with Crippen LogP contribution in [-0.2, 0) is 4.79 Å². The first-order valence-electron chi connectivity index (χ1n) is 8.27. The van der Waals surface area contributed by atoms with Crippen LogP contribution < -0.4 is 10.2 Å². The van der Waals surface area contributed by atoms with E-state index in [2.05, 4.69) is 17.5 Å². The molecule has 0 saturated carbocycles. The Morgan fingerprint density at radius 3 is 2.12 bits per heavy atom. The number of hydrogen-bond donors (Lipinski definition) is 1. The van der Waals surface area contributed by atoms with Crippen molar-refractivity contribution in [3.63, 3.8) is 0 Å². The molecule has 0 atom stereocenters. The molecule has 1 heterocycles. The first kappa shape index (κ1) is 16.5. The van der Waals surface area contributed by atoms with Gasteiger partial charge in [-0.1, -0.05) is 24.3 Å². The van der Waals surface area contributed by atoms with Crippen molar-refractivity contribution in [3.05, 3.63) is 59.7 Å². The van der Waals surface area contributed by atoms with Gasteiger partial charge in [0.05, 0.1) is 16.8 Å². The molecule has 0 bridgehead atoms. The number of carbonyl (C=O) groups excluding carboxylic acids is 1. The van der Waals surface area contributed by atoms with Crippen LogP contribution >= 0.6 is 0 Å². The first-order valence-corrected chi connectivity index (χ1v) is 8.27. The largest absolute Gasteiger partial charge is 0.369 e. The van der Waals surface area contributed by atoms with Crippen LogP contribution in [0, 0.1) is 28.6 Å². The SMILES string of the molecule is N#Cc1cccc(C#N)c1N1CCC(C(=O)Nc2ccccc2)CC1. The molecule has 1 aliphatic heterocycles. The molecule has 0 spiro atoms. The first-order chi connectivity index (χ1) is 12.2. The number of carbonyl (C=O) groups is 1. The monoisotopic (exact) mass is 330 g/mol. The van der Waals surface area contributed by atoms with Crippen LogP contribution in [0.1, 0.15) is 24.0 Å². The van der Waals surface area contributed by atoms with E-state index in [0.717, 1.165) is 5.69 Å². The minimum absolute atomic E-state index is 0.0277. The summed E-state index contributed by atoms with van der Waals surface area (Å²) in [6.07, 6.45) is 1.40. The van der Waals surface area contributed by atoms with Crippen molar-refractivity contribution in [2.24, 2.45) is 5.92 Å². The van der Waals surface area contributed by atoms with Crippen LogP contribution in [0.15, 0.2) is 48.5 Å². The third-order valence-corrected chi connectivity index (χ3v) is 4.50. The van der Waals surface area contributed by atoms with Crippen LogP contribution in [0.5, 0.6) is 0 Å². The Bertz CT molecular complexity index is 808. The molecule has 1 saturated heterocycles. The summed E-state index contributed by atoms with van der Waals surface area (Å²) in [5.41, 5.74) is 2.50. The molecular formula is C20H18N4O. The van der Waals surface area contributed by atoms with Gasteiger partial charge in [0, 0.05) is 24.7 Å². The molecule has 25 heavy (non-hydrogen) atoms. The number of nitriles is 2. The van der Waals surface area contributed by atoms with Gasteiger partial charge in [0.1, 0.15) is 12.1 Å².